The van der Waals surface area contributed by atoms with Crippen LogP contribution in [0.5, 0.6) is 0 Å². The Labute approximate surface area is 104 Å². The summed E-state index contributed by atoms with van der Waals surface area (Å²) < 4.78 is 30.0. The van der Waals surface area contributed by atoms with Crippen LogP contribution in [0.1, 0.15) is 0 Å². The molecule has 0 aromatic rings. The Morgan fingerprint density at radius 3 is 2.50 bits per heavy atom. The lowest BCUT2D eigenvalue weighted by atomic mass is 10.1. The minimum absolute atomic E-state index is 0.0850. The molecule has 0 aliphatic carbocycles. The van der Waals surface area contributed by atoms with E-state index in [1.54, 1.807) is 0 Å². The van der Waals surface area contributed by atoms with Crippen LogP contribution in [-0.2, 0) is 10.1 Å². The van der Waals surface area contributed by atoms with E-state index >= 15 is 0 Å². The summed E-state index contributed by atoms with van der Waals surface area (Å²) in [6.45, 7) is 0.922. The van der Waals surface area contributed by atoms with Crippen LogP contribution in [0.4, 0.5) is 0 Å². The average Bonchev–Trinajstić information content (AvgIpc) is 2.23. The molecule has 0 amide bonds. The molecule has 18 heavy (non-hydrogen) atoms. The highest BCUT2D eigenvalue weighted by molar-refractivity contribution is 7.85. The van der Waals surface area contributed by atoms with Crippen molar-refractivity contribution in [1.82, 2.24) is 10.2 Å². The minimum atomic E-state index is -4.14. The molecule has 0 saturated carbocycles. The van der Waals surface area contributed by atoms with E-state index in [9.17, 15) is 13.5 Å². The van der Waals surface area contributed by atoms with Gasteiger partial charge in [-0.3, -0.25) is 9.45 Å². The molecule has 1 heterocycles. The van der Waals surface area contributed by atoms with Gasteiger partial charge < -0.3 is 25.7 Å². The van der Waals surface area contributed by atoms with Crippen LogP contribution in [0.15, 0.2) is 0 Å². The van der Waals surface area contributed by atoms with Gasteiger partial charge in [0.2, 0.25) is 0 Å². The van der Waals surface area contributed by atoms with Crippen LogP contribution in [0.2, 0.25) is 0 Å². The van der Waals surface area contributed by atoms with Gasteiger partial charge in [0, 0.05) is 26.2 Å². The molecule has 2 unspecified atom stereocenters. The predicted octanol–water partition coefficient (Wildman–Crippen LogP) is -3.86. The van der Waals surface area contributed by atoms with Gasteiger partial charge in [-0.15, -0.1) is 0 Å². The molecular formula is C8H18N2O7S. The summed E-state index contributed by atoms with van der Waals surface area (Å²) >= 11 is 0. The molecule has 0 spiro atoms. The van der Waals surface area contributed by atoms with Crippen molar-refractivity contribution in [3.63, 3.8) is 0 Å². The average molecular weight is 286 g/mol. The fraction of sp³-hybridized carbons (Fsp3) is 1.00. The Balaban J connectivity index is 2.68. The summed E-state index contributed by atoms with van der Waals surface area (Å²) in [6.07, 6.45) is -1.88. The zero-order valence-electron chi connectivity index (χ0n) is 9.60. The number of hydrogen-bond acceptors (Lipinski definition) is 8. The molecule has 10 heteroatoms. The highest BCUT2D eigenvalue weighted by Gasteiger charge is 2.41. The fourth-order valence-electron chi connectivity index (χ4n) is 1.85. The third-order valence-electron chi connectivity index (χ3n) is 2.80. The second kappa shape index (κ2) is 5.75. The molecule has 1 saturated heterocycles. The van der Waals surface area contributed by atoms with Crippen molar-refractivity contribution < 1.29 is 33.4 Å². The van der Waals surface area contributed by atoms with Gasteiger partial charge in [-0.1, -0.05) is 0 Å². The zero-order chi connectivity index (χ0) is 14.0. The summed E-state index contributed by atoms with van der Waals surface area (Å²) in [4.78, 5) is 1.45. The van der Waals surface area contributed by atoms with E-state index in [-0.39, 0.29) is 13.1 Å². The van der Waals surface area contributed by atoms with Crippen LogP contribution in [-0.4, -0.2) is 88.3 Å². The Morgan fingerprint density at radius 1 is 1.39 bits per heavy atom. The maximum Gasteiger partial charge on any atom is 0.304 e. The smallest absolute Gasteiger partial charge is 0.304 e. The van der Waals surface area contributed by atoms with E-state index in [0.717, 1.165) is 0 Å². The van der Waals surface area contributed by atoms with Crippen LogP contribution in [0, 0.1) is 0 Å². The SMILES string of the molecule is O=S(=O)(O)CCN1CCNCC1C(O)C(O)(O)O. The van der Waals surface area contributed by atoms with Gasteiger partial charge in [-0.05, 0) is 0 Å². The molecule has 0 aromatic carbocycles. The van der Waals surface area contributed by atoms with E-state index in [2.05, 4.69) is 5.32 Å². The van der Waals surface area contributed by atoms with Gasteiger partial charge in [0.05, 0.1) is 11.8 Å². The fourth-order valence-corrected chi connectivity index (χ4v) is 2.31. The second-order valence-corrected chi connectivity index (χ2v) is 5.80. The Kier molecular flexibility index (Phi) is 5.03. The van der Waals surface area contributed by atoms with Gasteiger partial charge in [-0.2, -0.15) is 8.42 Å². The minimum Gasteiger partial charge on any atom is -0.383 e. The van der Waals surface area contributed by atoms with Crippen LogP contribution >= 0.6 is 0 Å². The van der Waals surface area contributed by atoms with Gasteiger partial charge in [-0.25, -0.2) is 0 Å². The number of rotatable bonds is 5. The Hall–Kier alpha value is -0.330. The van der Waals surface area contributed by atoms with Crippen molar-refractivity contribution in [2.75, 3.05) is 31.9 Å². The van der Waals surface area contributed by atoms with Crippen LogP contribution < -0.4 is 5.32 Å². The van der Waals surface area contributed by atoms with Crippen LogP contribution in [0.25, 0.3) is 0 Å². The molecular weight excluding hydrogens is 268 g/mol. The van der Waals surface area contributed by atoms with E-state index in [0.29, 0.717) is 13.1 Å². The summed E-state index contributed by atoms with van der Waals surface area (Å²) in [5.74, 6) is -3.80. The van der Waals surface area contributed by atoms with Crippen molar-refractivity contribution in [1.29, 1.82) is 0 Å². The molecule has 6 N–H and O–H groups in total. The van der Waals surface area contributed by atoms with Gasteiger partial charge in [0.1, 0.15) is 0 Å². The molecule has 1 fully saturated rings. The quantitative estimate of drug-likeness (QED) is 0.220. The lowest BCUT2D eigenvalue weighted by molar-refractivity contribution is -0.362. The normalized spacial score (nSPS) is 25.1. The first-order valence-electron chi connectivity index (χ1n) is 5.36. The summed E-state index contributed by atoms with van der Waals surface area (Å²) in [6, 6.07) is -0.875. The van der Waals surface area contributed by atoms with Crippen LogP contribution in [0.3, 0.4) is 0 Å². The van der Waals surface area contributed by atoms with Crippen molar-refractivity contribution in [2.24, 2.45) is 0 Å². The number of nitrogens with one attached hydrogen (secondary N) is 1. The lowest BCUT2D eigenvalue weighted by Crippen LogP contribution is -2.63. The summed E-state index contributed by atoms with van der Waals surface area (Å²) in [5, 5.41) is 39.2. The zero-order valence-corrected chi connectivity index (χ0v) is 10.4. The Morgan fingerprint density at radius 2 is 2.00 bits per heavy atom. The number of hydrogen-bond donors (Lipinski definition) is 6. The number of aliphatic hydroxyl groups excluding tert-OH is 1. The largest absolute Gasteiger partial charge is 0.383 e. The predicted molar refractivity (Wildman–Crippen MR) is 60.0 cm³/mol. The molecule has 9 nitrogen and oxygen atoms in total. The number of nitrogens with zero attached hydrogens (tertiary/aromatic N) is 1. The maximum atomic E-state index is 10.6. The highest BCUT2D eigenvalue weighted by atomic mass is 32.2. The standard InChI is InChI=1S/C8H18N2O7S/c11-7(8(12,13)14)6-5-9-1-2-10(6)3-4-18(15,16)17/h6-7,9,11-14H,1-5H2,(H,15,16,17). The third-order valence-corrected chi connectivity index (χ3v) is 3.49. The molecule has 0 radical (unpaired) electrons. The topological polar surface area (TPSA) is 151 Å². The molecule has 0 bridgehead atoms. The third kappa shape index (κ3) is 4.74. The molecule has 1 aliphatic heterocycles. The first-order chi connectivity index (χ1) is 8.11. The lowest BCUT2D eigenvalue weighted by Gasteiger charge is -2.40. The first-order valence-corrected chi connectivity index (χ1v) is 6.97. The van der Waals surface area contributed by atoms with E-state index in [4.69, 9.17) is 19.9 Å². The molecule has 108 valence electrons. The van der Waals surface area contributed by atoms with E-state index in [1.165, 1.54) is 4.90 Å². The number of aliphatic hydroxyl groups is 4. The molecule has 1 aliphatic rings. The Bertz CT molecular complexity index is 366. The van der Waals surface area contributed by atoms with Crippen molar-refractivity contribution >= 4 is 10.1 Å². The number of piperazine rings is 1. The highest BCUT2D eigenvalue weighted by Crippen LogP contribution is 2.14. The van der Waals surface area contributed by atoms with Gasteiger partial charge in [0.15, 0.2) is 6.10 Å². The van der Waals surface area contributed by atoms with E-state index < -0.39 is 34.0 Å². The van der Waals surface area contributed by atoms with E-state index in [1.807, 2.05) is 0 Å². The maximum absolute atomic E-state index is 10.6. The monoisotopic (exact) mass is 286 g/mol. The first kappa shape index (κ1) is 15.7. The second-order valence-electron chi connectivity index (χ2n) is 4.23. The van der Waals surface area contributed by atoms with Gasteiger partial charge >= 0.3 is 5.97 Å². The van der Waals surface area contributed by atoms with Gasteiger partial charge in [0.25, 0.3) is 10.1 Å². The van der Waals surface area contributed by atoms with Crippen molar-refractivity contribution in [2.45, 2.75) is 18.1 Å². The summed E-state index contributed by atoms with van der Waals surface area (Å²) in [7, 11) is -4.14. The molecule has 0 aromatic heterocycles. The van der Waals surface area contributed by atoms with Crippen molar-refractivity contribution in [3.8, 4) is 0 Å². The summed E-state index contributed by atoms with van der Waals surface area (Å²) in [5.41, 5.74) is 0. The van der Waals surface area contributed by atoms with Crippen molar-refractivity contribution in [3.05, 3.63) is 0 Å². The molecule has 2 atom stereocenters. The molecule has 1 rings (SSSR count).